The molecule has 4 aliphatic carbocycles. The molecule has 7 atom stereocenters. The highest BCUT2D eigenvalue weighted by Gasteiger charge is 2.62. The van der Waals surface area contributed by atoms with Gasteiger partial charge in [-0.15, -0.1) is 11.3 Å². The number of rotatable bonds is 2. The van der Waals surface area contributed by atoms with Gasteiger partial charge in [0.15, 0.2) is 5.78 Å². The number of carbonyl (C=O) groups excluding carboxylic acids is 1. The minimum absolute atomic E-state index is 0.00320. The summed E-state index contributed by atoms with van der Waals surface area (Å²) in [4.78, 5) is 17.2. The van der Waals surface area contributed by atoms with Crippen LogP contribution in [0.1, 0.15) is 70.4 Å². The number of benzene rings is 1. The van der Waals surface area contributed by atoms with Gasteiger partial charge in [-0.05, 0) is 73.2 Å². The molecule has 3 saturated carbocycles. The van der Waals surface area contributed by atoms with Crippen LogP contribution in [0, 0.1) is 28.6 Å². The molecule has 2 aromatic rings. The van der Waals surface area contributed by atoms with Gasteiger partial charge in [0.25, 0.3) is 0 Å². The molecule has 0 saturated heterocycles. The van der Waals surface area contributed by atoms with Crippen molar-refractivity contribution in [1.82, 2.24) is 4.98 Å². The molecule has 32 heavy (non-hydrogen) atoms. The third kappa shape index (κ3) is 2.95. The van der Waals surface area contributed by atoms with Gasteiger partial charge in [0.2, 0.25) is 0 Å². The van der Waals surface area contributed by atoms with Crippen molar-refractivity contribution < 1.29 is 9.90 Å². The SMILES string of the molecule is C[C@]12C[C@H](O)[C@H]3[C@@H](CCC4=CC(=O)CC[C@@]43C)[C@@H]1CC[C@H]2c1csc(-c2ccccc2)n1. The Kier molecular flexibility index (Phi) is 4.79. The molecule has 1 N–H and O–H groups in total. The van der Waals surface area contributed by atoms with E-state index in [9.17, 15) is 9.90 Å². The third-order valence-electron chi connectivity index (χ3n) is 9.79. The van der Waals surface area contributed by atoms with Crippen LogP contribution >= 0.6 is 11.3 Å². The lowest BCUT2D eigenvalue weighted by Gasteiger charge is -2.59. The van der Waals surface area contributed by atoms with E-state index in [4.69, 9.17) is 4.98 Å². The van der Waals surface area contributed by atoms with Crippen molar-refractivity contribution in [3.8, 4) is 10.6 Å². The van der Waals surface area contributed by atoms with E-state index in [0.29, 0.717) is 30.1 Å². The summed E-state index contributed by atoms with van der Waals surface area (Å²) >= 11 is 1.75. The Morgan fingerprint density at radius 3 is 2.72 bits per heavy atom. The molecule has 0 radical (unpaired) electrons. The van der Waals surface area contributed by atoms with E-state index in [0.717, 1.165) is 30.7 Å². The molecular formula is C28H33NO2S. The average molecular weight is 448 g/mol. The Morgan fingerprint density at radius 2 is 1.91 bits per heavy atom. The third-order valence-corrected chi connectivity index (χ3v) is 10.7. The van der Waals surface area contributed by atoms with Crippen LogP contribution in [0.15, 0.2) is 47.4 Å². The second-order valence-electron chi connectivity index (χ2n) is 11.2. The first-order chi connectivity index (χ1) is 15.4. The predicted octanol–water partition coefficient (Wildman–Crippen LogP) is 6.40. The van der Waals surface area contributed by atoms with Crippen molar-refractivity contribution in [2.24, 2.45) is 28.6 Å². The summed E-state index contributed by atoms with van der Waals surface area (Å²) in [6, 6.07) is 10.5. The quantitative estimate of drug-likeness (QED) is 0.580. The Bertz CT molecular complexity index is 1070. The first-order valence-corrected chi connectivity index (χ1v) is 13.2. The average Bonchev–Trinajstić information content (AvgIpc) is 3.38. The maximum Gasteiger partial charge on any atom is 0.155 e. The summed E-state index contributed by atoms with van der Waals surface area (Å²) in [6.45, 7) is 4.78. The van der Waals surface area contributed by atoms with Gasteiger partial charge in [0.1, 0.15) is 5.01 Å². The molecule has 0 amide bonds. The van der Waals surface area contributed by atoms with Crippen LogP contribution in [0.3, 0.4) is 0 Å². The molecule has 4 aliphatic rings. The molecule has 1 heterocycles. The first kappa shape index (κ1) is 20.8. The maximum atomic E-state index is 12.1. The number of aliphatic hydroxyl groups excluding tert-OH is 1. The molecule has 4 heteroatoms. The molecule has 0 unspecified atom stereocenters. The summed E-state index contributed by atoms with van der Waals surface area (Å²) < 4.78 is 0. The standard InChI is InChI=1S/C28H33NO2S/c1-27-13-12-19(30)14-18(27)8-9-20-21-10-11-22(28(21,2)15-24(31)25(20)27)23-16-32-26(29-23)17-6-4-3-5-7-17/h3-7,14,16,20-22,24-25,31H,8-13,15H2,1-2H3/t20-,21-,22-,24-,25+,27-,28-/m0/s1. The molecule has 6 rings (SSSR count). The number of nitrogens with zero attached hydrogens (tertiary/aromatic N) is 1. The molecule has 1 aromatic carbocycles. The van der Waals surface area contributed by atoms with E-state index < -0.39 is 0 Å². The molecule has 0 aliphatic heterocycles. The van der Waals surface area contributed by atoms with Gasteiger partial charge in [-0.1, -0.05) is 49.8 Å². The maximum absolute atomic E-state index is 12.1. The van der Waals surface area contributed by atoms with Gasteiger partial charge >= 0.3 is 0 Å². The van der Waals surface area contributed by atoms with Crippen LogP contribution in [0.4, 0.5) is 0 Å². The number of aliphatic hydroxyl groups is 1. The van der Waals surface area contributed by atoms with Crippen LogP contribution in [0.2, 0.25) is 0 Å². The van der Waals surface area contributed by atoms with E-state index in [2.05, 4.69) is 43.5 Å². The zero-order valence-corrected chi connectivity index (χ0v) is 19.9. The molecule has 1 aromatic heterocycles. The number of allylic oxidation sites excluding steroid dienone is 1. The van der Waals surface area contributed by atoms with Gasteiger partial charge in [0.05, 0.1) is 11.8 Å². The normalized spacial score (nSPS) is 40.9. The topological polar surface area (TPSA) is 50.2 Å². The van der Waals surface area contributed by atoms with Gasteiger partial charge in [-0.2, -0.15) is 0 Å². The second-order valence-corrected chi connectivity index (χ2v) is 12.1. The number of ketones is 1. The highest BCUT2D eigenvalue weighted by atomic mass is 32.1. The fraction of sp³-hybridized carbons (Fsp3) is 0.571. The number of hydrogen-bond acceptors (Lipinski definition) is 4. The second kappa shape index (κ2) is 7.36. The lowest BCUT2D eigenvalue weighted by atomic mass is 9.46. The van der Waals surface area contributed by atoms with E-state index in [-0.39, 0.29) is 22.7 Å². The van der Waals surface area contributed by atoms with Crippen molar-refractivity contribution in [2.45, 2.75) is 70.8 Å². The number of aromatic nitrogens is 1. The summed E-state index contributed by atoms with van der Waals surface area (Å²) in [5.41, 5.74) is 3.84. The van der Waals surface area contributed by atoms with Gasteiger partial charge < -0.3 is 5.11 Å². The molecule has 0 bridgehead atoms. The van der Waals surface area contributed by atoms with Crippen LogP contribution in [-0.4, -0.2) is 22.0 Å². The molecule has 168 valence electrons. The number of hydrogen-bond donors (Lipinski definition) is 1. The number of fused-ring (bicyclic) bond motifs is 5. The number of carbonyl (C=O) groups is 1. The van der Waals surface area contributed by atoms with Crippen molar-refractivity contribution in [3.05, 3.63) is 53.1 Å². The Balaban J connectivity index is 1.32. The van der Waals surface area contributed by atoms with Crippen LogP contribution in [0.25, 0.3) is 10.6 Å². The van der Waals surface area contributed by atoms with Crippen LogP contribution in [0.5, 0.6) is 0 Å². The van der Waals surface area contributed by atoms with Crippen LogP contribution in [-0.2, 0) is 4.79 Å². The van der Waals surface area contributed by atoms with E-state index in [1.54, 1.807) is 11.3 Å². The minimum atomic E-state index is -0.295. The molecule has 0 spiro atoms. The number of thiazole rings is 1. The van der Waals surface area contributed by atoms with Crippen molar-refractivity contribution in [2.75, 3.05) is 0 Å². The predicted molar refractivity (Wildman–Crippen MR) is 128 cm³/mol. The Morgan fingerprint density at radius 1 is 1.09 bits per heavy atom. The monoisotopic (exact) mass is 447 g/mol. The summed E-state index contributed by atoms with van der Waals surface area (Å²) in [6.07, 6.45) is 8.61. The van der Waals surface area contributed by atoms with E-state index in [1.165, 1.54) is 29.7 Å². The van der Waals surface area contributed by atoms with Crippen molar-refractivity contribution >= 4 is 17.1 Å². The van der Waals surface area contributed by atoms with Gasteiger partial charge in [-0.3, -0.25) is 4.79 Å². The fourth-order valence-electron chi connectivity index (χ4n) is 8.33. The summed E-state index contributed by atoms with van der Waals surface area (Å²) in [5.74, 6) is 2.19. The smallest absolute Gasteiger partial charge is 0.155 e. The Hall–Kier alpha value is -1.78. The summed E-state index contributed by atoms with van der Waals surface area (Å²) in [7, 11) is 0. The van der Waals surface area contributed by atoms with Crippen LogP contribution < -0.4 is 0 Å². The lowest BCUT2D eigenvalue weighted by Crippen LogP contribution is -2.56. The van der Waals surface area contributed by atoms with Crippen molar-refractivity contribution in [1.29, 1.82) is 0 Å². The molecular weight excluding hydrogens is 414 g/mol. The van der Waals surface area contributed by atoms with E-state index in [1.807, 2.05) is 12.1 Å². The largest absolute Gasteiger partial charge is 0.393 e. The van der Waals surface area contributed by atoms with Crippen molar-refractivity contribution in [3.63, 3.8) is 0 Å². The zero-order chi connectivity index (χ0) is 22.1. The van der Waals surface area contributed by atoms with Gasteiger partial charge in [-0.25, -0.2) is 4.98 Å². The molecule has 3 fully saturated rings. The Labute approximate surface area is 195 Å². The first-order valence-electron chi connectivity index (χ1n) is 12.3. The minimum Gasteiger partial charge on any atom is -0.393 e. The molecule has 3 nitrogen and oxygen atoms in total. The highest BCUT2D eigenvalue weighted by molar-refractivity contribution is 7.13. The van der Waals surface area contributed by atoms with E-state index >= 15 is 0 Å². The lowest BCUT2D eigenvalue weighted by molar-refractivity contribution is -0.129. The van der Waals surface area contributed by atoms with Gasteiger partial charge in [0, 0.05) is 23.3 Å². The zero-order valence-electron chi connectivity index (χ0n) is 19.1. The summed E-state index contributed by atoms with van der Waals surface area (Å²) in [5, 5.41) is 15.0. The fourth-order valence-corrected chi connectivity index (χ4v) is 9.21. The highest BCUT2D eigenvalue weighted by Crippen LogP contribution is 2.68.